The maximum Gasteiger partial charge on any atom is 0.234 e. The van der Waals surface area contributed by atoms with Crippen LogP contribution in [0.5, 0.6) is 0 Å². The summed E-state index contributed by atoms with van der Waals surface area (Å²) in [5.74, 6) is -0.406. The van der Waals surface area contributed by atoms with Gasteiger partial charge in [-0.1, -0.05) is 0 Å². The molecule has 0 rings (SSSR count). The summed E-state index contributed by atoms with van der Waals surface area (Å²) in [4.78, 5) is 21.8. The van der Waals surface area contributed by atoms with Crippen LogP contribution in [-0.4, -0.2) is 45.0 Å². The largest absolute Gasteiger partial charge is 0.368 e. The molecular formula is C9H20N4O2. The molecule has 2 amide bonds. The van der Waals surface area contributed by atoms with Crippen molar-refractivity contribution in [3.63, 3.8) is 0 Å². The van der Waals surface area contributed by atoms with Gasteiger partial charge in [0.25, 0.3) is 0 Å². The molecule has 5 N–H and O–H groups in total. The third-order valence-corrected chi connectivity index (χ3v) is 2.02. The zero-order valence-electron chi connectivity index (χ0n) is 9.30. The van der Waals surface area contributed by atoms with E-state index in [9.17, 15) is 9.59 Å². The predicted octanol–water partition coefficient (Wildman–Crippen LogP) is -1.82. The molecule has 0 aromatic heterocycles. The molecule has 0 fully saturated rings. The van der Waals surface area contributed by atoms with Gasteiger partial charge in [0.1, 0.15) is 0 Å². The molecule has 0 aliphatic heterocycles. The smallest absolute Gasteiger partial charge is 0.234 e. The molecule has 0 saturated heterocycles. The number of carbonyl (C=O) groups is 2. The molecule has 0 bridgehead atoms. The number of hydrogen-bond donors (Lipinski definition) is 4. The predicted molar refractivity (Wildman–Crippen MR) is 58.2 cm³/mol. The first-order chi connectivity index (χ1) is 7.11. The Morgan fingerprint density at radius 2 is 2.00 bits per heavy atom. The standard InChI is InChI=1S/C9H20N4O2/c1-11-6-8(14)13-5-3-4-7(12-2)9(10)15/h7,11-12H,3-6H2,1-2H3,(H2,10,15)(H,13,14). The Morgan fingerprint density at radius 3 is 2.47 bits per heavy atom. The first-order valence-corrected chi connectivity index (χ1v) is 4.99. The SMILES string of the molecule is CNCC(=O)NCCCC(NC)C(N)=O. The molecule has 6 heteroatoms. The van der Waals surface area contributed by atoms with Gasteiger partial charge in [-0.15, -0.1) is 0 Å². The van der Waals surface area contributed by atoms with Crippen molar-refractivity contribution in [2.75, 3.05) is 27.2 Å². The summed E-state index contributed by atoms with van der Waals surface area (Å²) < 4.78 is 0. The average Bonchev–Trinajstić information content (AvgIpc) is 2.17. The Hall–Kier alpha value is -1.14. The van der Waals surface area contributed by atoms with E-state index in [0.29, 0.717) is 19.5 Å². The van der Waals surface area contributed by atoms with Gasteiger partial charge >= 0.3 is 0 Å². The van der Waals surface area contributed by atoms with Crippen molar-refractivity contribution < 1.29 is 9.59 Å². The lowest BCUT2D eigenvalue weighted by Crippen LogP contribution is -2.40. The topological polar surface area (TPSA) is 96.2 Å². The van der Waals surface area contributed by atoms with E-state index in [-0.39, 0.29) is 17.9 Å². The van der Waals surface area contributed by atoms with Gasteiger partial charge in [0.05, 0.1) is 12.6 Å². The van der Waals surface area contributed by atoms with Gasteiger partial charge in [0.2, 0.25) is 11.8 Å². The maximum absolute atomic E-state index is 11.0. The summed E-state index contributed by atoms with van der Waals surface area (Å²) in [6.07, 6.45) is 1.36. The molecule has 0 saturated carbocycles. The van der Waals surface area contributed by atoms with Gasteiger partial charge in [-0.05, 0) is 26.9 Å². The van der Waals surface area contributed by atoms with E-state index in [4.69, 9.17) is 5.73 Å². The Balaban J connectivity index is 3.52. The van der Waals surface area contributed by atoms with Gasteiger partial charge in [0.15, 0.2) is 0 Å². The van der Waals surface area contributed by atoms with Gasteiger partial charge < -0.3 is 21.7 Å². The van der Waals surface area contributed by atoms with Crippen LogP contribution < -0.4 is 21.7 Å². The van der Waals surface area contributed by atoms with Crippen molar-refractivity contribution >= 4 is 11.8 Å². The van der Waals surface area contributed by atoms with Crippen LogP contribution in [-0.2, 0) is 9.59 Å². The number of primary amides is 1. The fraction of sp³-hybridized carbons (Fsp3) is 0.778. The lowest BCUT2D eigenvalue weighted by Gasteiger charge is -2.11. The maximum atomic E-state index is 11.0. The summed E-state index contributed by atoms with van der Waals surface area (Å²) in [5, 5.41) is 8.28. The molecule has 0 spiro atoms. The summed E-state index contributed by atoms with van der Waals surface area (Å²) in [6.45, 7) is 0.872. The highest BCUT2D eigenvalue weighted by Gasteiger charge is 2.11. The van der Waals surface area contributed by atoms with Crippen LogP contribution >= 0.6 is 0 Å². The number of hydrogen-bond acceptors (Lipinski definition) is 4. The van der Waals surface area contributed by atoms with Crippen molar-refractivity contribution in [3.05, 3.63) is 0 Å². The monoisotopic (exact) mass is 216 g/mol. The zero-order chi connectivity index (χ0) is 11.7. The Labute approximate surface area is 90.0 Å². The van der Waals surface area contributed by atoms with Gasteiger partial charge in [-0.2, -0.15) is 0 Å². The fourth-order valence-electron chi connectivity index (χ4n) is 1.19. The molecule has 0 aliphatic rings. The van der Waals surface area contributed by atoms with E-state index in [1.165, 1.54) is 0 Å². The van der Waals surface area contributed by atoms with Gasteiger partial charge in [0, 0.05) is 6.54 Å². The number of rotatable bonds is 8. The summed E-state index contributed by atoms with van der Waals surface area (Å²) >= 11 is 0. The van der Waals surface area contributed by atoms with Crippen LogP contribution in [0, 0.1) is 0 Å². The highest BCUT2D eigenvalue weighted by Crippen LogP contribution is 1.94. The average molecular weight is 216 g/mol. The normalized spacial score (nSPS) is 12.1. The Kier molecular flexibility index (Phi) is 7.57. The van der Waals surface area contributed by atoms with E-state index in [2.05, 4.69) is 16.0 Å². The van der Waals surface area contributed by atoms with Crippen molar-refractivity contribution in [2.45, 2.75) is 18.9 Å². The van der Waals surface area contributed by atoms with Gasteiger partial charge in [-0.3, -0.25) is 9.59 Å². The molecule has 0 heterocycles. The van der Waals surface area contributed by atoms with Crippen molar-refractivity contribution in [3.8, 4) is 0 Å². The van der Waals surface area contributed by atoms with Crippen LogP contribution in [0.1, 0.15) is 12.8 Å². The molecule has 6 nitrogen and oxygen atoms in total. The quantitative estimate of drug-likeness (QED) is 0.359. The second-order valence-electron chi connectivity index (χ2n) is 3.27. The van der Waals surface area contributed by atoms with Gasteiger partial charge in [-0.25, -0.2) is 0 Å². The van der Waals surface area contributed by atoms with E-state index < -0.39 is 0 Å². The zero-order valence-corrected chi connectivity index (χ0v) is 9.30. The van der Waals surface area contributed by atoms with E-state index in [1.54, 1.807) is 14.1 Å². The number of carbonyl (C=O) groups excluding carboxylic acids is 2. The van der Waals surface area contributed by atoms with E-state index in [0.717, 1.165) is 6.42 Å². The van der Waals surface area contributed by atoms with Crippen molar-refractivity contribution in [1.29, 1.82) is 0 Å². The molecule has 1 unspecified atom stereocenters. The van der Waals surface area contributed by atoms with Crippen molar-refractivity contribution in [2.24, 2.45) is 5.73 Å². The summed E-state index contributed by atoms with van der Waals surface area (Å²) in [7, 11) is 3.40. The minimum atomic E-state index is -0.362. The Bertz CT molecular complexity index is 208. The molecule has 0 radical (unpaired) electrons. The molecule has 88 valence electrons. The number of nitrogens with one attached hydrogen (secondary N) is 3. The molecular weight excluding hydrogens is 196 g/mol. The lowest BCUT2D eigenvalue weighted by molar-refractivity contribution is -0.120. The van der Waals surface area contributed by atoms with E-state index in [1.807, 2.05) is 0 Å². The molecule has 1 atom stereocenters. The first-order valence-electron chi connectivity index (χ1n) is 4.99. The van der Waals surface area contributed by atoms with Crippen LogP contribution in [0.3, 0.4) is 0 Å². The van der Waals surface area contributed by atoms with E-state index >= 15 is 0 Å². The van der Waals surface area contributed by atoms with Crippen LogP contribution in [0.4, 0.5) is 0 Å². The molecule has 0 aromatic rings. The number of nitrogens with two attached hydrogens (primary N) is 1. The first kappa shape index (κ1) is 13.9. The molecule has 0 aromatic carbocycles. The highest BCUT2D eigenvalue weighted by molar-refractivity contribution is 5.79. The van der Waals surface area contributed by atoms with Crippen LogP contribution in [0.2, 0.25) is 0 Å². The minimum Gasteiger partial charge on any atom is -0.368 e. The Morgan fingerprint density at radius 1 is 1.33 bits per heavy atom. The van der Waals surface area contributed by atoms with Crippen LogP contribution in [0.15, 0.2) is 0 Å². The fourth-order valence-corrected chi connectivity index (χ4v) is 1.19. The lowest BCUT2D eigenvalue weighted by atomic mass is 10.1. The summed E-state index contributed by atoms with van der Waals surface area (Å²) in [6, 6.07) is -0.314. The molecule has 15 heavy (non-hydrogen) atoms. The third-order valence-electron chi connectivity index (χ3n) is 2.02. The number of likely N-dealkylation sites (N-methyl/N-ethyl adjacent to an activating group) is 2. The number of amides is 2. The van der Waals surface area contributed by atoms with Crippen molar-refractivity contribution in [1.82, 2.24) is 16.0 Å². The minimum absolute atomic E-state index is 0.0439. The second kappa shape index (κ2) is 8.19. The highest BCUT2D eigenvalue weighted by atomic mass is 16.2. The molecule has 0 aliphatic carbocycles. The summed E-state index contributed by atoms with van der Waals surface area (Å²) in [5.41, 5.74) is 5.14. The third kappa shape index (κ3) is 6.87. The second-order valence-corrected chi connectivity index (χ2v) is 3.27. The van der Waals surface area contributed by atoms with Crippen LogP contribution in [0.25, 0.3) is 0 Å².